The number of hydrogen-bond donors (Lipinski definition) is 1. The maximum absolute atomic E-state index is 5.68. The maximum Gasteiger partial charge on any atom is 0.147 e. The third kappa shape index (κ3) is 3.02. The van der Waals surface area contributed by atoms with Crippen LogP contribution in [-0.4, -0.2) is 21.6 Å². The van der Waals surface area contributed by atoms with E-state index in [2.05, 4.69) is 9.97 Å². The van der Waals surface area contributed by atoms with E-state index in [1.807, 2.05) is 12.4 Å². The average molecular weight is 279 g/mol. The van der Waals surface area contributed by atoms with Crippen molar-refractivity contribution in [3.8, 4) is 5.75 Å². The van der Waals surface area contributed by atoms with Gasteiger partial charge in [0.25, 0.3) is 0 Å². The number of nitrogens with two attached hydrogens (primary N) is 1. The summed E-state index contributed by atoms with van der Waals surface area (Å²) in [6, 6.07) is 1.76. The van der Waals surface area contributed by atoms with Crippen molar-refractivity contribution in [2.75, 3.05) is 6.61 Å². The third-order valence-electron chi connectivity index (χ3n) is 2.48. The molecule has 2 heterocycles. The topological polar surface area (TPSA) is 61.0 Å². The highest BCUT2D eigenvalue weighted by Gasteiger charge is 2.07. The van der Waals surface area contributed by atoms with Gasteiger partial charge in [-0.05, 0) is 13.0 Å². The molecule has 0 aromatic carbocycles. The first kappa shape index (κ1) is 12.9. The minimum atomic E-state index is 0.321. The van der Waals surface area contributed by atoms with E-state index in [9.17, 15) is 0 Å². The molecule has 2 aromatic rings. The zero-order valence-corrected chi connectivity index (χ0v) is 11.6. The largest absolute Gasteiger partial charge is 0.491 e. The van der Waals surface area contributed by atoms with E-state index in [0.29, 0.717) is 17.3 Å². The predicted molar refractivity (Wildman–Crippen MR) is 76.2 cm³/mol. The summed E-state index contributed by atoms with van der Waals surface area (Å²) in [6.45, 7) is 2.56. The SMILES string of the molecule is Cc1ncsc1CCOc1cnccc1C(N)=S. The van der Waals surface area contributed by atoms with Gasteiger partial charge in [0, 0.05) is 17.5 Å². The van der Waals surface area contributed by atoms with Crippen LogP contribution in [0.3, 0.4) is 0 Å². The first-order valence-electron chi connectivity index (χ1n) is 5.44. The minimum absolute atomic E-state index is 0.321. The molecule has 2 rings (SSSR count). The summed E-state index contributed by atoms with van der Waals surface area (Å²) in [5.74, 6) is 0.632. The Hall–Kier alpha value is -1.53. The molecule has 0 radical (unpaired) electrons. The van der Waals surface area contributed by atoms with Gasteiger partial charge in [-0.25, -0.2) is 4.98 Å². The summed E-state index contributed by atoms with van der Waals surface area (Å²) in [6.07, 6.45) is 4.10. The fourth-order valence-corrected chi connectivity index (χ4v) is 2.45. The molecular weight excluding hydrogens is 266 g/mol. The number of thiocarbonyl (C=S) groups is 1. The lowest BCUT2D eigenvalue weighted by Crippen LogP contribution is -2.12. The summed E-state index contributed by atoms with van der Waals surface area (Å²) >= 11 is 6.60. The number of ether oxygens (including phenoxy) is 1. The molecule has 0 bridgehead atoms. The van der Waals surface area contributed by atoms with E-state index in [4.69, 9.17) is 22.7 Å². The third-order valence-corrected chi connectivity index (χ3v) is 3.70. The fourth-order valence-electron chi connectivity index (χ4n) is 1.52. The molecule has 0 spiro atoms. The smallest absolute Gasteiger partial charge is 0.147 e. The molecule has 4 nitrogen and oxygen atoms in total. The summed E-state index contributed by atoms with van der Waals surface area (Å²) in [5, 5.41) is 0. The highest BCUT2D eigenvalue weighted by molar-refractivity contribution is 7.80. The van der Waals surface area contributed by atoms with Crippen molar-refractivity contribution in [2.45, 2.75) is 13.3 Å². The molecule has 0 aliphatic carbocycles. The lowest BCUT2D eigenvalue weighted by atomic mass is 10.2. The van der Waals surface area contributed by atoms with Crippen LogP contribution in [-0.2, 0) is 6.42 Å². The zero-order chi connectivity index (χ0) is 13.0. The van der Waals surface area contributed by atoms with Crippen molar-refractivity contribution in [1.29, 1.82) is 0 Å². The molecular formula is C12H13N3OS2. The Balaban J connectivity index is 1.99. The minimum Gasteiger partial charge on any atom is -0.491 e. The van der Waals surface area contributed by atoms with Crippen molar-refractivity contribution in [3.05, 3.63) is 40.1 Å². The predicted octanol–water partition coefficient (Wildman–Crippen LogP) is 2.10. The van der Waals surface area contributed by atoms with Crippen molar-refractivity contribution in [1.82, 2.24) is 9.97 Å². The molecule has 0 atom stereocenters. The Morgan fingerprint density at radius 2 is 2.39 bits per heavy atom. The van der Waals surface area contributed by atoms with Crippen LogP contribution in [0.1, 0.15) is 16.1 Å². The first-order chi connectivity index (χ1) is 8.68. The van der Waals surface area contributed by atoms with Gasteiger partial charge in [0.1, 0.15) is 10.7 Å². The standard InChI is InChI=1S/C12H13N3OS2/c1-8-11(18-7-15-8)3-5-16-10-6-14-4-2-9(10)12(13)17/h2,4,6-7H,3,5H2,1H3,(H2,13,17). The van der Waals surface area contributed by atoms with Crippen molar-refractivity contribution >= 4 is 28.5 Å². The summed E-state index contributed by atoms with van der Waals surface area (Å²) < 4.78 is 5.68. The maximum atomic E-state index is 5.68. The Labute approximate surface area is 115 Å². The van der Waals surface area contributed by atoms with Crippen LogP contribution in [0, 0.1) is 6.92 Å². The van der Waals surface area contributed by atoms with Gasteiger partial charge in [0.05, 0.1) is 29.6 Å². The van der Waals surface area contributed by atoms with Crippen molar-refractivity contribution in [2.24, 2.45) is 5.73 Å². The molecule has 2 aromatic heterocycles. The normalized spacial score (nSPS) is 10.3. The number of hydrogen-bond acceptors (Lipinski definition) is 5. The van der Waals surface area contributed by atoms with Gasteiger partial charge in [-0.1, -0.05) is 12.2 Å². The van der Waals surface area contributed by atoms with E-state index in [0.717, 1.165) is 17.7 Å². The Kier molecular flexibility index (Phi) is 4.22. The molecule has 2 N–H and O–H groups in total. The van der Waals surface area contributed by atoms with Crippen LogP contribution in [0.15, 0.2) is 24.0 Å². The molecule has 0 unspecified atom stereocenters. The molecule has 94 valence electrons. The second-order valence-corrected chi connectivity index (χ2v) is 5.07. The molecule has 0 amide bonds. The van der Waals surface area contributed by atoms with Crippen LogP contribution in [0.2, 0.25) is 0 Å². The second-order valence-electron chi connectivity index (χ2n) is 3.70. The summed E-state index contributed by atoms with van der Waals surface area (Å²) in [7, 11) is 0. The molecule has 18 heavy (non-hydrogen) atoms. The molecule has 0 aliphatic heterocycles. The second kappa shape index (κ2) is 5.88. The van der Waals surface area contributed by atoms with Gasteiger partial charge >= 0.3 is 0 Å². The van der Waals surface area contributed by atoms with Gasteiger partial charge in [0.15, 0.2) is 0 Å². The van der Waals surface area contributed by atoms with Crippen LogP contribution in [0.25, 0.3) is 0 Å². The molecule has 6 heteroatoms. The molecule has 0 saturated carbocycles. The fraction of sp³-hybridized carbons (Fsp3) is 0.250. The van der Waals surface area contributed by atoms with Crippen LogP contribution >= 0.6 is 23.6 Å². The Morgan fingerprint density at radius 3 is 3.06 bits per heavy atom. The van der Waals surface area contributed by atoms with Crippen molar-refractivity contribution in [3.63, 3.8) is 0 Å². The Bertz CT molecular complexity index is 554. The first-order valence-corrected chi connectivity index (χ1v) is 6.73. The highest BCUT2D eigenvalue weighted by atomic mass is 32.1. The monoisotopic (exact) mass is 279 g/mol. The number of rotatable bonds is 5. The van der Waals surface area contributed by atoms with Gasteiger partial charge in [-0.3, -0.25) is 4.98 Å². The Morgan fingerprint density at radius 1 is 1.56 bits per heavy atom. The van der Waals surface area contributed by atoms with Crippen LogP contribution < -0.4 is 10.5 Å². The van der Waals surface area contributed by atoms with Crippen molar-refractivity contribution < 1.29 is 4.74 Å². The molecule has 0 fully saturated rings. The van der Waals surface area contributed by atoms with E-state index in [-0.39, 0.29) is 0 Å². The summed E-state index contributed by atoms with van der Waals surface area (Å²) in [4.78, 5) is 9.76. The van der Waals surface area contributed by atoms with Gasteiger partial charge in [-0.15, -0.1) is 11.3 Å². The van der Waals surface area contributed by atoms with E-state index in [1.165, 1.54) is 4.88 Å². The number of aromatic nitrogens is 2. The van der Waals surface area contributed by atoms with E-state index < -0.39 is 0 Å². The molecule has 0 saturated heterocycles. The van der Waals surface area contributed by atoms with E-state index in [1.54, 1.807) is 29.8 Å². The quantitative estimate of drug-likeness (QED) is 0.849. The lowest BCUT2D eigenvalue weighted by Gasteiger charge is -2.09. The highest BCUT2D eigenvalue weighted by Crippen LogP contribution is 2.18. The number of aryl methyl sites for hydroxylation is 1. The van der Waals surface area contributed by atoms with Crippen LogP contribution in [0.4, 0.5) is 0 Å². The number of thiazole rings is 1. The number of pyridine rings is 1. The van der Waals surface area contributed by atoms with Crippen LogP contribution in [0.5, 0.6) is 5.75 Å². The van der Waals surface area contributed by atoms with E-state index >= 15 is 0 Å². The van der Waals surface area contributed by atoms with Gasteiger partial charge < -0.3 is 10.5 Å². The number of nitrogens with zero attached hydrogens (tertiary/aromatic N) is 2. The lowest BCUT2D eigenvalue weighted by molar-refractivity contribution is 0.321. The van der Waals surface area contributed by atoms with Gasteiger partial charge in [0.2, 0.25) is 0 Å². The average Bonchev–Trinajstić information content (AvgIpc) is 2.76. The zero-order valence-electron chi connectivity index (χ0n) is 9.92. The molecule has 0 aliphatic rings. The summed E-state index contributed by atoms with van der Waals surface area (Å²) in [5.41, 5.74) is 9.25. The van der Waals surface area contributed by atoms with Gasteiger partial charge in [-0.2, -0.15) is 0 Å².